The molecular formula is C15H17ClN2. The average Bonchev–Trinajstić information content (AvgIpc) is 2.39. The Morgan fingerprint density at radius 3 is 2.56 bits per heavy atom. The summed E-state index contributed by atoms with van der Waals surface area (Å²) in [5.41, 5.74) is 2.23. The van der Waals surface area contributed by atoms with Crippen LogP contribution in [-0.4, -0.2) is 4.98 Å². The van der Waals surface area contributed by atoms with Crippen molar-refractivity contribution in [2.45, 2.75) is 25.9 Å². The lowest BCUT2D eigenvalue weighted by Gasteiger charge is -2.20. The van der Waals surface area contributed by atoms with E-state index < -0.39 is 0 Å². The molecule has 0 bridgehead atoms. The molecule has 0 saturated carbocycles. The fourth-order valence-corrected chi connectivity index (χ4v) is 2.16. The maximum absolute atomic E-state index is 6.00. The van der Waals surface area contributed by atoms with Gasteiger partial charge in [0.05, 0.1) is 5.69 Å². The molecule has 2 nitrogen and oxygen atoms in total. The fourth-order valence-electron chi connectivity index (χ4n) is 1.96. The summed E-state index contributed by atoms with van der Waals surface area (Å²) < 4.78 is 0. The van der Waals surface area contributed by atoms with Gasteiger partial charge in [-0.15, -0.1) is 0 Å². The number of pyridine rings is 1. The third kappa shape index (κ3) is 3.31. The second kappa shape index (κ2) is 5.98. The van der Waals surface area contributed by atoms with E-state index >= 15 is 0 Å². The molecule has 0 aliphatic carbocycles. The average molecular weight is 261 g/mol. The van der Waals surface area contributed by atoms with E-state index in [4.69, 9.17) is 11.6 Å². The molecule has 0 fully saturated rings. The number of benzene rings is 1. The minimum Gasteiger partial charge on any atom is -0.302 e. The summed E-state index contributed by atoms with van der Waals surface area (Å²) in [6, 6.07) is 14.3. The van der Waals surface area contributed by atoms with Crippen LogP contribution < -0.4 is 5.32 Å². The number of rotatable bonds is 4. The molecule has 18 heavy (non-hydrogen) atoms. The van der Waals surface area contributed by atoms with Gasteiger partial charge in [0.1, 0.15) is 0 Å². The van der Waals surface area contributed by atoms with E-state index in [0.717, 1.165) is 10.7 Å². The molecule has 2 unspecified atom stereocenters. The maximum atomic E-state index is 6.00. The van der Waals surface area contributed by atoms with Crippen molar-refractivity contribution in [3.63, 3.8) is 0 Å². The van der Waals surface area contributed by atoms with Crippen LogP contribution in [0.1, 0.15) is 37.2 Å². The van der Waals surface area contributed by atoms with Gasteiger partial charge in [0.2, 0.25) is 0 Å². The Bertz CT molecular complexity index is 499. The van der Waals surface area contributed by atoms with Crippen molar-refractivity contribution < 1.29 is 0 Å². The minimum absolute atomic E-state index is 0.209. The van der Waals surface area contributed by atoms with Crippen LogP contribution in [0, 0.1) is 0 Å². The largest absolute Gasteiger partial charge is 0.302 e. The Hall–Kier alpha value is -1.38. The molecule has 0 saturated heterocycles. The predicted molar refractivity (Wildman–Crippen MR) is 75.7 cm³/mol. The zero-order valence-electron chi connectivity index (χ0n) is 10.6. The van der Waals surface area contributed by atoms with Gasteiger partial charge in [-0.3, -0.25) is 4.98 Å². The molecule has 1 heterocycles. The zero-order valence-corrected chi connectivity index (χ0v) is 11.4. The molecule has 0 radical (unpaired) electrons. The van der Waals surface area contributed by atoms with Crippen LogP contribution in [0.3, 0.4) is 0 Å². The SMILES string of the molecule is CC(NC(C)c1ccccn1)c1cccc(Cl)c1. The Kier molecular flexibility index (Phi) is 4.34. The molecule has 3 heteroatoms. The number of hydrogen-bond acceptors (Lipinski definition) is 2. The summed E-state index contributed by atoms with van der Waals surface area (Å²) in [6.07, 6.45) is 1.82. The van der Waals surface area contributed by atoms with Gasteiger partial charge in [-0.1, -0.05) is 29.8 Å². The quantitative estimate of drug-likeness (QED) is 0.893. The smallest absolute Gasteiger partial charge is 0.0570 e. The van der Waals surface area contributed by atoms with Crippen molar-refractivity contribution in [1.29, 1.82) is 0 Å². The van der Waals surface area contributed by atoms with Crippen molar-refractivity contribution in [1.82, 2.24) is 10.3 Å². The molecule has 0 aliphatic heterocycles. The molecule has 1 aromatic carbocycles. The Labute approximate surface area is 113 Å². The Morgan fingerprint density at radius 1 is 1.06 bits per heavy atom. The van der Waals surface area contributed by atoms with Gasteiger partial charge in [-0.25, -0.2) is 0 Å². The van der Waals surface area contributed by atoms with E-state index in [2.05, 4.69) is 30.2 Å². The number of hydrogen-bond donors (Lipinski definition) is 1. The highest BCUT2D eigenvalue weighted by molar-refractivity contribution is 6.30. The standard InChI is InChI=1S/C15H17ClN2/c1-11(13-6-5-7-14(16)10-13)18-12(2)15-8-3-4-9-17-15/h3-12,18H,1-2H3. The van der Waals surface area contributed by atoms with Crippen LogP contribution in [0.5, 0.6) is 0 Å². The van der Waals surface area contributed by atoms with Gasteiger partial charge in [-0.05, 0) is 43.7 Å². The van der Waals surface area contributed by atoms with Gasteiger partial charge in [-0.2, -0.15) is 0 Å². The lowest BCUT2D eigenvalue weighted by molar-refractivity contribution is 0.486. The van der Waals surface area contributed by atoms with Gasteiger partial charge in [0.15, 0.2) is 0 Å². The molecule has 1 N–H and O–H groups in total. The van der Waals surface area contributed by atoms with Crippen molar-refractivity contribution in [2.75, 3.05) is 0 Å². The molecule has 0 spiro atoms. The molecule has 0 amide bonds. The maximum Gasteiger partial charge on any atom is 0.0570 e. The number of halogens is 1. The number of nitrogens with zero attached hydrogens (tertiary/aromatic N) is 1. The highest BCUT2D eigenvalue weighted by atomic mass is 35.5. The van der Waals surface area contributed by atoms with Crippen LogP contribution >= 0.6 is 11.6 Å². The molecule has 2 aromatic rings. The molecule has 2 atom stereocenters. The van der Waals surface area contributed by atoms with Crippen molar-refractivity contribution in [3.05, 3.63) is 64.9 Å². The first-order valence-corrected chi connectivity index (χ1v) is 6.47. The normalized spacial score (nSPS) is 14.2. The van der Waals surface area contributed by atoms with Gasteiger partial charge < -0.3 is 5.32 Å². The van der Waals surface area contributed by atoms with Gasteiger partial charge >= 0.3 is 0 Å². The second-order valence-electron chi connectivity index (χ2n) is 4.42. The molecule has 2 rings (SSSR count). The number of nitrogens with one attached hydrogen (secondary N) is 1. The first kappa shape index (κ1) is 13.1. The summed E-state index contributed by atoms with van der Waals surface area (Å²) in [6.45, 7) is 4.24. The second-order valence-corrected chi connectivity index (χ2v) is 4.86. The number of aromatic nitrogens is 1. The summed E-state index contributed by atoms with van der Waals surface area (Å²) in [4.78, 5) is 4.35. The topological polar surface area (TPSA) is 24.9 Å². The fraction of sp³-hybridized carbons (Fsp3) is 0.267. The Morgan fingerprint density at radius 2 is 1.89 bits per heavy atom. The Balaban J connectivity index is 2.05. The summed E-state index contributed by atoms with van der Waals surface area (Å²) in [7, 11) is 0. The third-order valence-corrected chi connectivity index (χ3v) is 3.22. The molecule has 0 aliphatic rings. The van der Waals surface area contributed by atoms with Crippen LogP contribution in [0.4, 0.5) is 0 Å². The van der Waals surface area contributed by atoms with Crippen LogP contribution in [0.15, 0.2) is 48.7 Å². The van der Waals surface area contributed by atoms with E-state index in [1.54, 1.807) is 0 Å². The van der Waals surface area contributed by atoms with Crippen LogP contribution in [0.2, 0.25) is 5.02 Å². The highest BCUT2D eigenvalue weighted by Gasteiger charge is 2.11. The van der Waals surface area contributed by atoms with Crippen LogP contribution in [0.25, 0.3) is 0 Å². The van der Waals surface area contributed by atoms with Crippen LogP contribution in [-0.2, 0) is 0 Å². The lowest BCUT2D eigenvalue weighted by Crippen LogP contribution is -2.23. The van der Waals surface area contributed by atoms with E-state index in [9.17, 15) is 0 Å². The molecule has 94 valence electrons. The lowest BCUT2D eigenvalue weighted by atomic mass is 10.1. The van der Waals surface area contributed by atoms with Crippen molar-refractivity contribution in [2.24, 2.45) is 0 Å². The van der Waals surface area contributed by atoms with E-state index in [1.165, 1.54) is 5.56 Å². The summed E-state index contributed by atoms with van der Waals surface area (Å²) in [5, 5.41) is 4.29. The predicted octanol–water partition coefficient (Wildman–Crippen LogP) is 4.15. The van der Waals surface area contributed by atoms with Crippen molar-refractivity contribution in [3.8, 4) is 0 Å². The first-order valence-electron chi connectivity index (χ1n) is 6.09. The van der Waals surface area contributed by atoms with Gasteiger partial charge in [0.25, 0.3) is 0 Å². The molecule has 1 aromatic heterocycles. The molecular weight excluding hydrogens is 244 g/mol. The highest BCUT2D eigenvalue weighted by Crippen LogP contribution is 2.20. The summed E-state index contributed by atoms with van der Waals surface area (Å²) >= 11 is 6.00. The van der Waals surface area contributed by atoms with Gasteiger partial charge in [0, 0.05) is 23.3 Å². The van der Waals surface area contributed by atoms with E-state index in [0.29, 0.717) is 0 Å². The first-order chi connectivity index (χ1) is 8.66. The minimum atomic E-state index is 0.209. The van der Waals surface area contributed by atoms with E-state index in [1.807, 2.05) is 42.6 Å². The zero-order chi connectivity index (χ0) is 13.0. The van der Waals surface area contributed by atoms with E-state index in [-0.39, 0.29) is 12.1 Å². The third-order valence-electron chi connectivity index (χ3n) is 2.98. The van der Waals surface area contributed by atoms with Crippen molar-refractivity contribution >= 4 is 11.6 Å². The monoisotopic (exact) mass is 260 g/mol. The summed E-state index contributed by atoms with van der Waals surface area (Å²) in [5.74, 6) is 0.